The molecule has 0 bridgehead atoms. The van der Waals surface area contributed by atoms with Gasteiger partial charge in [-0.3, -0.25) is 14.4 Å². The number of para-hydroxylation sites is 1. The Kier molecular flexibility index (Phi) is 5.33. The van der Waals surface area contributed by atoms with E-state index in [0.29, 0.717) is 39.1 Å². The Morgan fingerprint density at radius 2 is 1.48 bits per heavy atom. The minimum Gasteiger partial charge on any atom is -0.339 e. The second-order valence-electron chi connectivity index (χ2n) is 7.99. The van der Waals surface area contributed by atoms with Crippen LogP contribution in [0.4, 0.5) is 5.69 Å². The van der Waals surface area contributed by atoms with E-state index in [1.54, 1.807) is 14.7 Å². The van der Waals surface area contributed by atoms with E-state index < -0.39 is 15.8 Å². The Morgan fingerprint density at radius 3 is 2.03 bits per heavy atom. The first kappa shape index (κ1) is 19.9. The molecule has 29 heavy (non-hydrogen) atoms. The highest BCUT2D eigenvalue weighted by Gasteiger charge is 2.40. The molecule has 3 amide bonds. The van der Waals surface area contributed by atoms with Crippen molar-refractivity contribution in [3.05, 3.63) is 30.3 Å². The first-order chi connectivity index (χ1) is 13.8. The first-order valence-corrected chi connectivity index (χ1v) is 11.8. The molecule has 0 saturated carbocycles. The van der Waals surface area contributed by atoms with Crippen molar-refractivity contribution >= 4 is 33.2 Å². The van der Waals surface area contributed by atoms with Gasteiger partial charge in [0.25, 0.3) is 0 Å². The number of hydrogen-bond donors (Lipinski definition) is 0. The third-order valence-electron chi connectivity index (χ3n) is 6.03. The Bertz CT molecular complexity index is 909. The molecule has 0 radical (unpaired) electrons. The number of sulfone groups is 1. The number of rotatable bonds is 3. The number of anilines is 1. The number of piperazine rings is 1. The lowest BCUT2D eigenvalue weighted by atomic mass is 10.1. The van der Waals surface area contributed by atoms with Gasteiger partial charge in [0, 0.05) is 44.8 Å². The number of carbonyl (C=O) groups is 3. The fraction of sp³-hybridized carbons (Fsp3) is 0.550. The van der Waals surface area contributed by atoms with Crippen LogP contribution in [0.3, 0.4) is 0 Å². The summed E-state index contributed by atoms with van der Waals surface area (Å²) in [4.78, 5) is 42.9. The number of hydrogen-bond acceptors (Lipinski definition) is 5. The molecule has 4 rings (SSSR count). The molecule has 3 heterocycles. The molecule has 9 heteroatoms. The van der Waals surface area contributed by atoms with Crippen molar-refractivity contribution in [2.75, 3.05) is 49.1 Å². The van der Waals surface area contributed by atoms with Gasteiger partial charge in [-0.05, 0) is 18.6 Å². The smallest absolute Gasteiger partial charge is 0.228 e. The van der Waals surface area contributed by atoms with Crippen LogP contribution in [0.15, 0.2) is 30.3 Å². The highest BCUT2D eigenvalue weighted by atomic mass is 32.2. The highest BCUT2D eigenvalue weighted by molar-refractivity contribution is 7.91. The molecule has 0 spiro atoms. The van der Waals surface area contributed by atoms with E-state index in [0.717, 1.165) is 5.69 Å². The molecule has 3 fully saturated rings. The Hall–Kier alpha value is -2.42. The van der Waals surface area contributed by atoms with E-state index in [1.807, 2.05) is 30.3 Å². The van der Waals surface area contributed by atoms with Crippen molar-refractivity contribution in [2.24, 2.45) is 11.8 Å². The van der Waals surface area contributed by atoms with Crippen LogP contribution in [0.5, 0.6) is 0 Å². The average Bonchev–Trinajstić information content (AvgIpc) is 3.29. The zero-order valence-electron chi connectivity index (χ0n) is 16.2. The summed E-state index contributed by atoms with van der Waals surface area (Å²) in [6.45, 7) is 2.02. The molecule has 0 aromatic heterocycles. The minimum absolute atomic E-state index is 0.0488. The Labute approximate surface area is 170 Å². The maximum atomic E-state index is 12.9. The summed E-state index contributed by atoms with van der Waals surface area (Å²) >= 11 is 0. The predicted octanol–water partition coefficient (Wildman–Crippen LogP) is 0.145. The molecule has 2 unspecified atom stereocenters. The van der Waals surface area contributed by atoms with Crippen molar-refractivity contribution in [3.63, 3.8) is 0 Å². The SMILES string of the molecule is O=C(C1CC(=O)N(c2ccccc2)C1)N1CCN(C(=O)C2CCS(=O)(=O)C2)CC1. The molecule has 1 aromatic rings. The molecule has 2 atom stereocenters. The van der Waals surface area contributed by atoms with Crippen molar-refractivity contribution in [1.29, 1.82) is 0 Å². The lowest BCUT2D eigenvalue weighted by Crippen LogP contribution is -2.53. The summed E-state index contributed by atoms with van der Waals surface area (Å²) in [5, 5.41) is 0. The molecule has 3 aliphatic rings. The zero-order valence-corrected chi connectivity index (χ0v) is 17.0. The zero-order chi connectivity index (χ0) is 20.6. The van der Waals surface area contributed by atoms with Gasteiger partial charge < -0.3 is 14.7 Å². The molecule has 3 aliphatic heterocycles. The van der Waals surface area contributed by atoms with Crippen molar-refractivity contribution in [1.82, 2.24) is 9.80 Å². The lowest BCUT2D eigenvalue weighted by molar-refractivity contribution is -0.143. The van der Waals surface area contributed by atoms with Crippen LogP contribution in [0.25, 0.3) is 0 Å². The quantitative estimate of drug-likeness (QED) is 0.695. The molecule has 8 nitrogen and oxygen atoms in total. The summed E-state index contributed by atoms with van der Waals surface area (Å²) < 4.78 is 23.2. The van der Waals surface area contributed by atoms with E-state index in [-0.39, 0.29) is 41.6 Å². The third-order valence-corrected chi connectivity index (χ3v) is 7.79. The van der Waals surface area contributed by atoms with Gasteiger partial charge in [-0.15, -0.1) is 0 Å². The van der Waals surface area contributed by atoms with Gasteiger partial charge in [-0.1, -0.05) is 18.2 Å². The van der Waals surface area contributed by atoms with Crippen molar-refractivity contribution in [3.8, 4) is 0 Å². The average molecular weight is 420 g/mol. The highest BCUT2D eigenvalue weighted by Crippen LogP contribution is 2.27. The molecule has 1 aromatic carbocycles. The number of carbonyl (C=O) groups excluding carboxylic acids is 3. The third kappa shape index (κ3) is 4.14. The van der Waals surface area contributed by atoms with Crippen LogP contribution in [0.1, 0.15) is 12.8 Å². The molecular weight excluding hydrogens is 394 g/mol. The van der Waals surface area contributed by atoms with Gasteiger partial charge in [0.1, 0.15) is 0 Å². The van der Waals surface area contributed by atoms with Gasteiger partial charge in [-0.2, -0.15) is 0 Å². The minimum atomic E-state index is -3.10. The van der Waals surface area contributed by atoms with Crippen LogP contribution in [0.2, 0.25) is 0 Å². The monoisotopic (exact) mass is 419 g/mol. The number of nitrogens with zero attached hydrogens (tertiary/aromatic N) is 3. The van der Waals surface area contributed by atoms with Crippen LogP contribution >= 0.6 is 0 Å². The van der Waals surface area contributed by atoms with E-state index in [2.05, 4.69) is 0 Å². The molecule has 0 aliphatic carbocycles. The summed E-state index contributed by atoms with van der Waals surface area (Å²) in [6.07, 6.45) is 0.590. The van der Waals surface area contributed by atoms with Crippen LogP contribution < -0.4 is 4.90 Å². The normalized spacial score (nSPS) is 26.8. The number of amides is 3. The van der Waals surface area contributed by atoms with E-state index >= 15 is 0 Å². The fourth-order valence-corrected chi connectivity index (χ4v) is 6.12. The van der Waals surface area contributed by atoms with Crippen LogP contribution in [-0.4, -0.2) is 80.2 Å². The summed E-state index contributed by atoms with van der Waals surface area (Å²) in [7, 11) is -3.10. The van der Waals surface area contributed by atoms with Crippen LogP contribution in [0, 0.1) is 11.8 Å². The lowest BCUT2D eigenvalue weighted by Gasteiger charge is -2.36. The van der Waals surface area contributed by atoms with Gasteiger partial charge >= 0.3 is 0 Å². The molecule has 3 saturated heterocycles. The fourth-order valence-electron chi connectivity index (χ4n) is 4.38. The van der Waals surface area contributed by atoms with Gasteiger partial charge in [0.2, 0.25) is 17.7 Å². The van der Waals surface area contributed by atoms with Gasteiger partial charge in [0.15, 0.2) is 9.84 Å². The Balaban J connectivity index is 1.31. The molecule has 156 valence electrons. The maximum absolute atomic E-state index is 12.9. The summed E-state index contributed by atoms with van der Waals surface area (Å²) in [5.74, 6) is -1.03. The second-order valence-corrected chi connectivity index (χ2v) is 10.2. The van der Waals surface area contributed by atoms with Gasteiger partial charge in [-0.25, -0.2) is 8.42 Å². The maximum Gasteiger partial charge on any atom is 0.228 e. The van der Waals surface area contributed by atoms with Crippen molar-refractivity contribution < 1.29 is 22.8 Å². The summed E-state index contributed by atoms with van der Waals surface area (Å²) in [6, 6.07) is 9.33. The first-order valence-electron chi connectivity index (χ1n) is 9.97. The van der Waals surface area contributed by atoms with Crippen molar-refractivity contribution in [2.45, 2.75) is 12.8 Å². The standard InChI is InChI=1S/C20H25N3O5S/c24-18-12-16(13-23(18)17-4-2-1-3-5-17)20(26)22-9-7-21(8-10-22)19(25)15-6-11-29(27,28)14-15/h1-5,15-16H,6-14H2. The van der Waals surface area contributed by atoms with Crippen LogP contribution in [-0.2, 0) is 24.2 Å². The van der Waals surface area contributed by atoms with E-state index in [9.17, 15) is 22.8 Å². The Morgan fingerprint density at radius 1 is 0.897 bits per heavy atom. The summed E-state index contributed by atoms with van der Waals surface area (Å²) in [5.41, 5.74) is 0.801. The van der Waals surface area contributed by atoms with E-state index in [4.69, 9.17) is 0 Å². The predicted molar refractivity (Wildman–Crippen MR) is 107 cm³/mol. The molecule has 0 N–H and O–H groups in total. The molecular formula is C20H25N3O5S. The second kappa shape index (κ2) is 7.78. The topological polar surface area (TPSA) is 95.1 Å². The van der Waals surface area contributed by atoms with E-state index in [1.165, 1.54) is 0 Å². The van der Waals surface area contributed by atoms with Gasteiger partial charge in [0.05, 0.1) is 23.3 Å². The number of benzene rings is 1. The largest absolute Gasteiger partial charge is 0.339 e.